The van der Waals surface area contributed by atoms with Crippen LogP contribution in [0.1, 0.15) is 29.5 Å². The molecule has 1 amide bonds. The first-order chi connectivity index (χ1) is 10.0. The number of nitrogens with zero attached hydrogens (tertiary/aromatic N) is 3. The van der Waals surface area contributed by atoms with E-state index >= 15 is 0 Å². The second-order valence-corrected chi connectivity index (χ2v) is 5.68. The van der Waals surface area contributed by atoms with Crippen LogP contribution in [0, 0.1) is 0 Å². The van der Waals surface area contributed by atoms with E-state index in [1.54, 1.807) is 22.7 Å². The molecule has 21 heavy (non-hydrogen) atoms. The third-order valence-electron chi connectivity index (χ3n) is 3.28. The van der Waals surface area contributed by atoms with Gasteiger partial charge in [0.25, 0.3) is 5.91 Å². The van der Waals surface area contributed by atoms with Gasteiger partial charge in [-0.2, -0.15) is 0 Å². The first-order valence-electron chi connectivity index (χ1n) is 7.12. The molecule has 2 aromatic rings. The SMILES string of the molecule is CCc1nc2cc(Cl)ccn2c1C(=O)NCCCN(C)C. The number of carbonyl (C=O) groups excluding carboxylic acids is 1. The number of pyridine rings is 1. The van der Waals surface area contributed by atoms with Crippen LogP contribution in [0.4, 0.5) is 0 Å². The van der Waals surface area contributed by atoms with E-state index in [9.17, 15) is 4.79 Å². The van der Waals surface area contributed by atoms with Crippen LogP contribution in [0.25, 0.3) is 5.65 Å². The molecule has 2 heterocycles. The van der Waals surface area contributed by atoms with E-state index in [1.807, 2.05) is 21.0 Å². The number of hydrogen-bond donors (Lipinski definition) is 1. The number of aromatic nitrogens is 2. The predicted octanol–water partition coefficient (Wildman–Crippen LogP) is 2.23. The van der Waals surface area contributed by atoms with E-state index in [2.05, 4.69) is 15.2 Å². The normalized spacial score (nSPS) is 11.3. The van der Waals surface area contributed by atoms with Crippen LogP contribution in [-0.4, -0.2) is 47.4 Å². The Morgan fingerprint density at radius 2 is 2.24 bits per heavy atom. The highest BCUT2D eigenvalue weighted by atomic mass is 35.5. The second-order valence-electron chi connectivity index (χ2n) is 5.25. The van der Waals surface area contributed by atoms with Gasteiger partial charge in [0.05, 0.1) is 5.69 Å². The average molecular weight is 309 g/mol. The van der Waals surface area contributed by atoms with Gasteiger partial charge in [-0.15, -0.1) is 0 Å². The molecule has 0 aliphatic rings. The average Bonchev–Trinajstić information content (AvgIpc) is 2.80. The van der Waals surface area contributed by atoms with Gasteiger partial charge < -0.3 is 10.2 Å². The van der Waals surface area contributed by atoms with E-state index < -0.39 is 0 Å². The van der Waals surface area contributed by atoms with E-state index in [-0.39, 0.29) is 5.91 Å². The Bertz CT molecular complexity index is 636. The van der Waals surface area contributed by atoms with Crippen molar-refractivity contribution in [3.8, 4) is 0 Å². The molecule has 0 aliphatic carbocycles. The Labute approximate surface area is 129 Å². The van der Waals surface area contributed by atoms with Gasteiger partial charge in [0.1, 0.15) is 11.3 Å². The highest BCUT2D eigenvalue weighted by Gasteiger charge is 2.17. The molecule has 0 atom stereocenters. The maximum Gasteiger partial charge on any atom is 0.270 e. The molecule has 6 heteroatoms. The highest BCUT2D eigenvalue weighted by Crippen LogP contribution is 2.17. The van der Waals surface area contributed by atoms with Crippen LogP contribution in [-0.2, 0) is 6.42 Å². The Hall–Kier alpha value is -1.59. The number of rotatable bonds is 6. The summed E-state index contributed by atoms with van der Waals surface area (Å²) in [5.41, 5.74) is 2.11. The first kappa shape index (κ1) is 15.8. The van der Waals surface area contributed by atoms with E-state index in [4.69, 9.17) is 11.6 Å². The molecule has 0 radical (unpaired) electrons. The van der Waals surface area contributed by atoms with Gasteiger partial charge in [-0.1, -0.05) is 18.5 Å². The minimum Gasteiger partial charge on any atom is -0.351 e. The molecular weight excluding hydrogens is 288 g/mol. The molecule has 0 aliphatic heterocycles. The van der Waals surface area contributed by atoms with Gasteiger partial charge in [0.15, 0.2) is 0 Å². The summed E-state index contributed by atoms with van der Waals surface area (Å²) in [6.45, 7) is 3.59. The third kappa shape index (κ3) is 3.74. The highest BCUT2D eigenvalue weighted by molar-refractivity contribution is 6.30. The van der Waals surface area contributed by atoms with Gasteiger partial charge in [-0.3, -0.25) is 9.20 Å². The lowest BCUT2D eigenvalue weighted by atomic mass is 10.2. The number of carbonyl (C=O) groups is 1. The maximum atomic E-state index is 12.4. The van der Waals surface area contributed by atoms with Gasteiger partial charge in [0, 0.05) is 23.8 Å². The number of imidazole rings is 1. The molecule has 0 saturated heterocycles. The zero-order valence-corrected chi connectivity index (χ0v) is 13.4. The molecule has 114 valence electrons. The standard InChI is InChI=1S/C15H21ClN4O/c1-4-12-14(15(21)17-7-5-8-19(2)3)20-9-6-11(16)10-13(20)18-12/h6,9-10H,4-5,7-8H2,1-3H3,(H,17,21). The lowest BCUT2D eigenvalue weighted by Gasteiger charge is -2.10. The van der Waals surface area contributed by atoms with E-state index in [0.717, 1.165) is 18.7 Å². The summed E-state index contributed by atoms with van der Waals surface area (Å²) in [7, 11) is 4.04. The fraction of sp³-hybridized carbons (Fsp3) is 0.467. The number of fused-ring (bicyclic) bond motifs is 1. The maximum absolute atomic E-state index is 12.4. The van der Waals surface area contributed by atoms with Crippen molar-refractivity contribution in [1.29, 1.82) is 0 Å². The molecule has 0 saturated carbocycles. The van der Waals surface area contributed by atoms with Crippen LogP contribution in [0.5, 0.6) is 0 Å². The van der Waals surface area contributed by atoms with Crippen molar-refractivity contribution in [2.24, 2.45) is 0 Å². The Balaban J connectivity index is 2.17. The van der Waals surface area contributed by atoms with Crippen molar-refractivity contribution in [3.63, 3.8) is 0 Å². The lowest BCUT2D eigenvalue weighted by molar-refractivity contribution is 0.0945. The predicted molar refractivity (Wildman–Crippen MR) is 85.1 cm³/mol. The molecule has 1 N–H and O–H groups in total. The Kier molecular flexibility index (Phi) is 5.20. The van der Waals surface area contributed by atoms with Crippen molar-refractivity contribution >= 4 is 23.2 Å². The number of amides is 1. The summed E-state index contributed by atoms with van der Waals surface area (Å²) in [4.78, 5) is 19.0. The Morgan fingerprint density at radius 1 is 1.48 bits per heavy atom. The molecule has 0 unspecified atom stereocenters. The monoisotopic (exact) mass is 308 g/mol. The van der Waals surface area contributed by atoms with Gasteiger partial charge >= 0.3 is 0 Å². The van der Waals surface area contributed by atoms with Crippen LogP contribution < -0.4 is 5.32 Å². The summed E-state index contributed by atoms with van der Waals surface area (Å²) in [6.07, 6.45) is 3.42. The minimum atomic E-state index is -0.0829. The van der Waals surface area contributed by atoms with Crippen molar-refractivity contribution in [2.75, 3.05) is 27.2 Å². The van der Waals surface area contributed by atoms with E-state index in [0.29, 0.717) is 29.3 Å². The van der Waals surface area contributed by atoms with Crippen molar-refractivity contribution in [2.45, 2.75) is 19.8 Å². The number of hydrogen-bond acceptors (Lipinski definition) is 3. The number of halogens is 1. The van der Waals surface area contributed by atoms with Crippen molar-refractivity contribution in [1.82, 2.24) is 19.6 Å². The molecule has 0 aromatic carbocycles. The summed E-state index contributed by atoms with van der Waals surface area (Å²) < 4.78 is 1.80. The summed E-state index contributed by atoms with van der Waals surface area (Å²) >= 11 is 5.98. The molecule has 0 fully saturated rings. The van der Waals surface area contributed by atoms with Crippen molar-refractivity contribution in [3.05, 3.63) is 34.7 Å². The third-order valence-corrected chi connectivity index (χ3v) is 3.51. The molecule has 0 spiro atoms. The topological polar surface area (TPSA) is 49.6 Å². The molecule has 2 aromatic heterocycles. The van der Waals surface area contributed by atoms with Crippen LogP contribution in [0.3, 0.4) is 0 Å². The fourth-order valence-corrected chi connectivity index (χ4v) is 2.39. The first-order valence-corrected chi connectivity index (χ1v) is 7.50. The zero-order valence-electron chi connectivity index (χ0n) is 12.7. The fourth-order valence-electron chi connectivity index (χ4n) is 2.24. The summed E-state index contributed by atoms with van der Waals surface area (Å²) in [6, 6.07) is 3.53. The van der Waals surface area contributed by atoms with Crippen LogP contribution >= 0.6 is 11.6 Å². The molecule has 5 nitrogen and oxygen atoms in total. The van der Waals surface area contributed by atoms with E-state index in [1.165, 1.54) is 0 Å². The zero-order chi connectivity index (χ0) is 15.4. The molecule has 0 bridgehead atoms. The number of nitrogens with one attached hydrogen (secondary N) is 1. The van der Waals surface area contributed by atoms with Crippen LogP contribution in [0.2, 0.25) is 5.02 Å². The summed E-state index contributed by atoms with van der Waals surface area (Å²) in [5, 5.41) is 3.58. The molecule has 2 rings (SSSR count). The van der Waals surface area contributed by atoms with Gasteiger partial charge in [-0.25, -0.2) is 4.98 Å². The van der Waals surface area contributed by atoms with Crippen LogP contribution in [0.15, 0.2) is 18.3 Å². The quantitative estimate of drug-likeness (QED) is 0.833. The van der Waals surface area contributed by atoms with Gasteiger partial charge in [-0.05, 0) is 39.5 Å². The lowest BCUT2D eigenvalue weighted by Crippen LogP contribution is -2.28. The van der Waals surface area contributed by atoms with Crippen molar-refractivity contribution < 1.29 is 4.79 Å². The Morgan fingerprint density at radius 3 is 2.90 bits per heavy atom. The minimum absolute atomic E-state index is 0.0829. The second kappa shape index (κ2) is 6.91. The summed E-state index contributed by atoms with van der Waals surface area (Å²) in [5.74, 6) is -0.0829. The number of aryl methyl sites for hydroxylation is 1. The molecular formula is C15H21ClN4O. The smallest absolute Gasteiger partial charge is 0.270 e. The largest absolute Gasteiger partial charge is 0.351 e. The van der Waals surface area contributed by atoms with Gasteiger partial charge in [0.2, 0.25) is 0 Å².